The molecule has 0 atom stereocenters. The van der Waals surface area contributed by atoms with Gasteiger partial charge in [-0.05, 0) is 218 Å². The van der Waals surface area contributed by atoms with Gasteiger partial charge in [-0.1, -0.05) is 47.5 Å². The molecule has 6 aromatic carbocycles. The van der Waals surface area contributed by atoms with Crippen molar-refractivity contribution >= 4 is 23.2 Å². The molecule has 110 heavy (non-hydrogen) atoms. The molecule has 8 heterocycles. The normalized spacial score (nSPS) is 10.4. The summed E-state index contributed by atoms with van der Waals surface area (Å²) >= 11 is 12.0. The molecule has 0 unspecified atom stereocenters. The van der Waals surface area contributed by atoms with Gasteiger partial charge in [-0.25, -0.2) is 9.97 Å². The number of rotatable bonds is 18. The lowest BCUT2D eigenvalue weighted by Gasteiger charge is -2.11. The predicted octanol–water partition coefficient (Wildman–Crippen LogP) is 18.2. The van der Waals surface area contributed by atoms with Crippen LogP contribution in [0.15, 0.2) is 219 Å². The van der Waals surface area contributed by atoms with Gasteiger partial charge < -0.3 is 18.9 Å². The molecular formula is C86H68Cl2N18O4. The molecule has 540 valence electrons. The van der Waals surface area contributed by atoms with Crippen molar-refractivity contribution in [1.82, 2.24) is 59.1 Å². The van der Waals surface area contributed by atoms with Gasteiger partial charge in [0.2, 0.25) is 0 Å². The van der Waals surface area contributed by atoms with Crippen LogP contribution in [0.5, 0.6) is 23.0 Å². The van der Waals surface area contributed by atoms with Gasteiger partial charge in [0.25, 0.3) is 0 Å². The number of ether oxygens (including phenoxy) is 4. The third-order valence-electron chi connectivity index (χ3n) is 17.2. The zero-order valence-corrected chi connectivity index (χ0v) is 62.6. The molecule has 0 fully saturated rings. The number of pyridine rings is 4. The molecule has 14 rings (SSSR count). The highest BCUT2D eigenvalue weighted by Gasteiger charge is 2.22. The molecule has 0 saturated carbocycles. The fourth-order valence-corrected chi connectivity index (χ4v) is 12.6. The van der Waals surface area contributed by atoms with Crippen molar-refractivity contribution in [2.45, 2.75) is 53.9 Å². The van der Waals surface area contributed by atoms with E-state index in [9.17, 15) is 5.26 Å². The minimum absolute atomic E-state index is 0.138. The Morgan fingerprint density at radius 2 is 0.655 bits per heavy atom. The van der Waals surface area contributed by atoms with E-state index in [1.165, 1.54) is 0 Å². The van der Waals surface area contributed by atoms with Gasteiger partial charge in [0.05, 0.1) is 111 Å². The highest BCUT2D eigenvalue weighted by molar-refractivity contribution is 6.30. The van der Waals surface area contributed by atoms with Crippen LogP contribution in [0.2, 0.25) is 10.3 Å². The molecule has 22 nitrogen and oxygen atoms in total. The zero-order chi connectivity index (χ0) is 77.8. The first kappa shape index (κ1) is 76.6. The predicted molar refractivity (Wildman–Crippen MR) is 422 cm³/mol. The Bertz CT molecular complexity index is 5800. The first-order chi connectivity index (χ1) is 53.4. The summed E-state index contributed by atoms with van der Waals surface area (Å²) < 4.78 is 28.2. The fraction of sp³-hybridized carbons (Fsp3) is 0.140. The highest BCUT2D eigenvalue weighted by atomic mass is 35.5. The van der Waals surface area contributed by atoms with Crippen LogP contribution in [0.4, 0.5) is 0 Å². The first-order valence-corrected chi connectivity index (χ1v) is 34.8. The number of benzene rings is 6. The molecule has 0 bridgehead atoms. The summed E-state index contributed by atoms with van der Waals surface area (Å²) in [5, 5.41) is 73.5. The van der Waals surface area contributed by atoms with Crippen LogP contribution >= 0.6 is 23.2 Å². The SMILES string of the molecule is COc1cc(C)cc(-c2c(-c3ccnc(-c4ccc(C#N)cc4)c3)cnn2CC#N)c1.COc1cc(C)cc(-c2c(-c3ccnc(Cl)c3)cnn2CC#N)c1.COc1cc(C)cc(-c2nn(CC#N)cc2-c2ccnc(-c3ccc(C#N)cc3)c2)c1.COc1cc(C)cc(-c2nn(CC#N)cc2-c2ccnc(Cl)c2)c1. The van der Waals surface area contributed by atoms with Gasteiger partial charge in [-0.3, -0.25) is 28.7 Å². The van der Waals surface area contributed by atoms with Crippen molar-refractivity contribution in [1.29, 1.82) is 31.6 Å². The van der Waals surface area contributed by atoms with Crippen molar-refractivity contribution < 1.29 is 18.9 Å². The molecule has 14 aromatic rings. The number of methoxy groups -OCH3 is 4. The Balaban J connectivity index is 0.000000147. The van der Waals surface area contributed by atoms with E-state index in [0.717, 1.165) is 157 Å². The second-order valence-electron chi connectivity index (χ2n) is 24.9. The van der Waals surface area contributed by atoms with Gasteiger partial charge in [0.15, 0.2) is 0 Å². The Morgan fingerprint density at radius 3 is 0.991 bits per heavy atom. The maximum Gasteiger partial charge on any atom is 0.129 e. The van der Waals surface area contributed by atoms with Crippen molar-refractivity contribution in [2.24, 2.45) is 0 Å². The molecule has 0 saturated heterocycles. The smallest absolute Gasteiger partial charge is 0.129 e. The molecule has 0 radical (unpaired) electrons. The van der Waals surface area contributed by atoms with Crippen LogP contribution in [-0.2, 0) is 26.2 Å². The van der Waals surface area contributed by atoms with Crippen molar-refractivity contribution in [3.8, 4) is 171 Å². The van der Waals surface area contributed by atoms with E-state index in [1.807, 2.05) is 167 Å². The average Bonchev–Trinajstić information content (AvgIpc) is 1.62. The number of hydrogen-bond donors (Lipinski definition) is 0. The lowest BCUT2D eigenvalue weighted by molar-refractivity contribution is 0.414. The van der Waals surface area contributed by atoms with Crippen LogP contribution in [0, 0.1) is 95.7 Å². The minimum atomic E-state index is 0.138. The lowest BCUT2D eigenvalue weighted by atomic mass is 9.99. The van der Waals surface area contributed by atoms with Crippen LogP contribution in [0.25, 0.3) is 112 Å². The summed E-state index contributed by atoms with van der Waals surface area (Å²) in [5.74, 6) is 3.02. The van der Waals surface area contributed by atoms with Crippen molar-refractivity contribution in [3.63, 3.8) is 0 Å². The quantitative estimate of drug-likeness (QED) is 0.0721. The van der Waals surface area contributed by atoms with Crippen molar-refractivity contribution in [3.05, 3.63) is 263 Å². The van der Waals surface area contributed by atoms with Crippen LogP contribution in [0.3, 0.4) is 0 Å². The topological polar surface area (TPSA) is 302 Å². The Morgan fingerprint density at radius 1 is 0.336 bits per heavy atom. The van der Waals surface area contributed by atoms with E-state index >= 15 is 0 Å². The van der Waals surface area contributed by atoms with E-state index in [2.05, 4.69) is 82.8 Å². The molecular weight excluding hydrogens is 1420 g/mol. The van der Waals surface area contributed by atoms with Gasteiger partial charge in [0, 0.05) is 92.8 Å². The van der Waals surface area contributed by atoms with Crippen LogP contribution in [0.1, 0.15) is 33.4 Å². The Hall–Kier alpha value is -14.5. The van der Waals surface area contributed by atoms with Crippen LogP contribution in [-0.4, -0.2) is 87.5 Å². The summed E-state index contributed by atoms with van der Waals surface area (Å²) in [5.41, 5.74) is 23.1. The van der Waals surface area contributed by atoms with E-state index < -0.39 is 0 Å². The van der Waals surface area contributed by atoms with Crippen molar-refractivity contribution in [2.75, 3.05) is 28.4 Å². The third-order valence-corrected chi connectivity index (χ3v) is 17.6. The van der Waals surface area contributed by atoms with Gasteiger partial charge in [-0.15, -0.1) is 0 Å². The molecule has 0 aliphatic rings. The Kier molecular flexibility index (Phi) is 25.1. The third kappa shape index (κ3) is 18.6. The summed E-state index contributed by atoms with van der Waals surface area (Å²) in [4.78, 5) is 17.0. The maximum atomic E-state index is 9.29. The second kappa shape index (κ2) is 36.0. The largest absolute Gasteiger partial charge is 0.497 e. The average molecular weight is 1490 g/mol. The monoisotopic (exact) mass is 1490 g/mol. The molecule has 0 spiro atoms. The van der Waals surface area contributed by atoms with E-state index in [0.29, 0.717) is 21.4 Å². The van der Waals surface area contributed by atoms with E-state index in [1.54, 1.807) is 121 Å². The summed E-state index contributed by atoms with van der Waals surface area (Å²) in [6.45, 7) is 8.64. The summed E-state index contributed by atoms with van der Waals surface area (Å²) in [6, 6.07) is 66.4. The maximum absolute atomic E-state index is 9.29. The molecule has 24 heteroatoms. The van der Waals surface area contributed by atoms with E-state index in [4.69, 9.17) is 68.5 Å². The van der Waals surface area contributed by atoms with E-state index in [-0.39, 0.29) is 26.2 Å². The molecule has 0 N–H and O–H groups in total. The molecule has 0 aliphatic carbocycles. The summed E-state index contributed by atoms with van der Waals surface area (Å²) in [6.07, 6.45) is 14.1. The molecule has 0 amide bonds. The zero-order valence-electron chi connectivity index (χ0n) is 61.1. The highest BCUT2D eigenvalue weighted by Crippen LogP contribution is 2.40. The summed E-state index contributed by atoms with van der Waals surface area (Å²) in [7, 11) is 6.55. The number of nitrogens with zero attached hydrogens (tertiary/aromatic N) is 18. The number of aromatic nitrogens is 12. The molecule has 0 aliphatic heterocycles. The van der Waals surface area contributed by atoms with Gasteiger partial charge in [-0.2, -0.15) is 52.0 Å². The Labute approximate surface area is 645 Å². The first-order valence-electron chi connectivity index (χ1n) is 34.0. The number of halogens is 2. The standard InChI is InChI=1S/2C25H19N5O.2C18H15ClN4O/c1-17-11-21(13-22(12-17)31-2)25-23(16-30(29-25)10-8-26)20-7-9-28-24(14-20)19-5-3-18(15-27)4-6-19;1-17-11-21(13-22(12-17)31-2)25-23(16-29-30(25)10-8-26)20-7-9-28-24(14-20)19-5-3-18(15-27)4-6-19;1-12-7-14(9-15(8-12)24-2)18-16(11-23(22-18)6-4-20)13-3-5-21-17(19)10-13;1-12-7-14(9-15(8-12)24-2)18-16(11-22-23(18)6-4-20)13-3-5-21-17(19)10-13/h2*3-7,9,11-14,16H,10H2,1-2H3;2*3,5,7-11H,6H2,1-2H3. The van der Waals surface area contributed by atoms with Gasteiger partial charge >= 0.3 is 0 Å². The van der Waals surface area contributed by atoms with Crippen LogP contribution < -0.4 is 18.9 Å². The second-order valence-corrected chi connectivity index (χ2v) is 25.6. The molecule has 8 aromatic heterocycles. The van der Waals surface area contributed by atoms with Gasteiger partial charge in [0.1, 0.15) is 70.9 Å². The fourth-order valence-electron chi connectivity index (χ4n) is 12.3. The number of nitriles is 6. The minimum Gasteiger partial charge on any atom is -0.497 e. The lowest BCUT2D eigenvalue weighted by Crippen LogP contribution is -2.01. The number of hydrogen-bond acceptors (Lipinski definition) is 18. The number of aryl methyl sites for hydroxylation is 4.